The van der Waals surface area contributed by atoms with Crippen molar-refractivity contribution in [1.29, 1.82) is 0 Å². The zero-order valence-electron chi connectivity index (χ0n) is 18.9. The fraction of sp³-hybridized carbons (Fsp3) is 0.370. The van der Waals surface area contributed by atoms with Gasteiger partial charge in [0.05, 0.1) is 12.0 Å². The first kappa shape index (κ1) is 22.2. The number of likely N-dealkylation sites (tertiary alicyclic amines) is 1. The minimum atomic E-state index is -0.955. The molecule has 3 atom stereocenters. The molecule has 3 aliphatic rings. The summed E-state index contributed by atoms with van der Waals surface area (Å²) in [6.07, 6.45) is 5.56. The molecule has 0 saturated carbocycles. The number of rotatable bonds is 5. The van der Waals surface area contributed by atoms with Crippen LogP contribution < -0.4 is 5.32 Å². The summed E-state index contributed by atoms with van der Waals surface area (Å²) >= 11 is 0. The van der Waals surface area contributed by atoms with Gasteiger partial charge in [-0.1, -0.05) is 60.7 Å². The molecule has 1 heterocycles. The summed E-state index contributed by atoms with van der Waals surface area (Å²) in [5.74, 6) is -1.58. The number of nitrogens with one attached hydrogen (secondary N) is 1. The van der Waals surface area contributed by atoms with Crippen molar-refractivity contribution in [3.8, 4) is 11.1 Å². The van der Waals surface area contributed by atoms with Crippen molar-refractivity contribution in [2.45, 2.75) is 43.7 Å². The van der Waals surface area contributed by atoms with Crippen molar-refractivity contribution < 1.29 is 24.2 Å². The second-order valence-electron chi connectivity index (χ2n) is 9.18. The number of ether oxygens (including phenoxy) is 1. The van der Waals surface area contributed by atoms with Gasteiger partial charge in [0.1, 0.15) is 12.6 Å². The Balaban J connectivity index is 1.17. The van der Waals surface area contributed by atoms with Crippen molar-refractivity contribution in [3.05, 3.63) is 71.8 Å². The van der Waals surface area contributed by atoms with Crippen LogP contribution in [0, 0.1) is 5.92 Å². The maximum absolute atomic E-state index is 12.9. The van der Waals surface area contributed by atoms with Crippen LogP contribution >= 0.6 is 0 Å². The first-order chi connectivity index (χ1) is 16.5. The largest absolute Gasteiger partial charge is 0.480 e. The molecule has 2 aromatic rings. The topological polar surface area (TPSA) is 95.9 Å². The third kappa shape index (κ3) is 4.18. The van der Waals surface area contributed by atoms with Gasteiger partial charge in [-0.15, -0.1) is 0 Å². The maximum atomic E-state index is 12.9. The SMILES string of the molecule is O=C(NC1C=CC(C(=O)N2CCCC[C@@H]2C(=O)O)C1)OCC1c2ccccc2-c2ccccc21. The van der Waals surface area contributed by atoms with E-state index in [1.165, 1.54) is 16.0 Å². The summed E-state index contributed by atoms with van der Waals surface area (Å²) in [5.41, 5.74) is 4.64. The molecule has 176 valence electrons. The van der Waals surface area contributed by atoms with E-state index in [2.05, 4.69) is 29.6 Å². The number of carbonyl (C=O) groups excluding carboxylic acids is 2. The molecular weight excluding hydrogens is 432 g/mol. The van der Waals surface area contributed by atoms with Gasteiger partial charge in [-0.25, -0.2) is 9.59 Å². The van der Waals surface area contributed by atoms with Gasteiger partial charge in [-0.3, -0.25) is 4.79 Å². The zero-order valence-corrected chi connectivity index (χ0v) is 18.9. The number of benzene rings is 2. The van der Waals surface area contributed by atoms with Crippen LogP contribution in [0.2, 0.25) is 0 Å². The second kappa shape index (κ2) is 9.33. The predicted molar refractivity (Wildman–Crippen MR) is 126 cm³/mol. The minimum Gasteiger partial charge on any atom is -0.480 e. The summed E-state index contributed by atoms with van der Waals surface area (Å²) in [5, 5.41) is 12.3. The molecule has 0 bridgehead atoms. The number of carboxylic acids is 1. The van der Waals surface area contributed by atoms with Crippen molar-refractivity contribution in [1.82, 2.24) is 10.2 Å². The van der Waals surface area contributed by atoms with Gasteiger partial charge in [0.15, 0.2) is 0 Å². The van der Waals surface area contributed by atoms with Gasteiger partial charge in [-0.2, -0.15) is 0 Å². The van der Waals surface area contributed by atoms with Crippen LogP contribution in [-0.4, -0.2) is 53.2 Å². The van der Waals surface area contributed by atoms with E-state index in [0.717, 1.165) is 24.0 Å². The number of aliphatic carboxylic acids is 1. The Kier molecular flexibility index (Phi) is 6.09. The van der Waals surface area contributed by atoms with E-state index >= 15 is 0 Å². The number of fused-ring (bicyclic) bond motifs is 3. The van der Waals surface area contributed by atoms with Crippen molar-refractivity contribution >= 4 is 18.0 Å². The van der Waals surface area contributed by atoms with E-state index in [4.69, 9.17) is 4.74 Å². The molecule has 1 saturated heterocycles. The lowest BCUT2D eigenvalue weighted by Gasteiger charge is -2.34. The quantitative estimate of drug-likeness (QED) is 0.659. The lowest BCUT2D eigenvalue weighted by molar-refractivity contribution is -0.153. The summed E-state index contributed by atoms with van der Waals surface area (Å²) < 4.78 is 5.61. The Labute approximate surface area is 198 Å². The highest BCUT2D eigenvalue weighted by Crippen LogP contribution is 2.44. The Morgan fingerprint density at radius 1 is 0.971 bits per heavy atom. The first-order valence-electron chi connectivity index (χ1n) is 11.9. The third-order valence-corrected chi connectivity index (χ3v) is 7.12. The molecule has 2 aromatic carbocycles. The number of carbonyl (C=O) groups is 3. The lowest BCUT2D eigenvalue weighted by atomic mass is 9.98. The summed E-state index contributed by atoms with van der Waals surface area (Å²) in [6, 6.07) is 15.3. The Hall–Kier alpha value is -3.61. The number of piperidine rings is 1. The molecule has 34 heavy (non-hydrogen) atoms. The van der Waals surface area contributed by atoms with Crippen molar-refractivity contribution in [2.75, 3.05) is 13.2 Å². The molecule has 0 spiro atoms. The smallest absolute Gasteiger partial charge is 0.407 e. The highest BCUT2D eigenvalue weighted by molar-refractivity contribution is 5.87. The third-order valence-electron chi connectivity index (χ3n) is 7.12. The number of amides is 2. The van der Waals surface area contributed by atoms with Gasteiger partial charge in [0.2, 0.25) is 5.91 Å². The highest BCUT2D eigenvalue weighted by atomic mass is 16.5. The van der Waals surface area contributed by atoms with Crippen LogP contribution in [0.3, 0.4) is 0 Å². The van der Waals surface area contributed by atoms with Crippen LogP contribution in [-0.2, 0) is 14.3 Å². The fourth-order valence-electron chi connectivity index (χ4n) is 5.45. The lowest BCUT2D eigenvalue weighted by Crippen LogP contribution is -2.50. The Bertz CT molecular complexity index is 1100. The van der Waals surface area contributed by atoms with Crippen LogP contribution in [0.25, 0.3) is 11.1 Å². The molecule has 0 radical (unpaired) electrons. The van der Waals surface area contributed by atoms with Gasteiger partial charge in [0.25, 0.3) is 0 Å². The van der Waals surface area contributed by atoms with Crippen LogP contribution in [0.1, 0.15) is 42.7 Å². The number of hydrogen-bond acceptors (Lipinski definition) is 4. The van der Waals surface area contributed by atoms with E-state index in [1.807, 2.05) is 24.3 Å². The van der Waals surface area contributed by atoms with Crippen LogP contribution in [0.15, 0.2) is 60.7 Å². The first-order valence-corrected chi connectivity index (χ1v) is 11.9. The molecule has 0 aromatic heterocycles. The number of carboxylic acid groups (broad SMARTS) is 1. The normalized spacial score (nSPS) is 23.3. The summed E-state index contributed by atoms with van der Waals surface area (Å²) in [4.78, 5) is 38.5. The number of alkyl carbamates (subject to hydrolysis) is 1. The minimum absolute atomic E-state index is 0.0151. The standard InChI is InChI=1S/C27H28N2O5/c30-25(29-14-6-5-11-24(29)26(31)32)17-12-13-18(15-17)28-27(33)34-16-23-21-9-3-1-7-19(21)20-8-2-4-10-22(20)23/h1-4,7-10,12-13,17-18,23-24H,5-6,11,14-16H2,(H,28,33)(H,31,32)/t17?,18?,24-/m1/s1. The average molecular weight is 461 g/mol. The molecule has 7 nitrogen and oxygen atoms in total. The fourth-order valence-corrected chi connectivity index (χ4v) is 5.45. The Morgan fingerprint density at radius 3 is 2.32 bits per heavy atom. The van der Waals surface area contributed by atoms with Gasteiger partial charge in [0, 0.05) is 12.5 Å². The monoisotopic (exact) mass is 460 g/mol. The van der Waals surface area contributed by atoms with E-state index < -0.39 is 24.0 Å². The van der Waals surface area contributed by atoms with Gasteiger partial charge >= 0.3 is 12.1 Å². The summed E-state index contributed by atoms with van der Waals surface area (Å²) in [7, 11) is 0. The summed E-state index contributed by atoms with van der Waals surface area (Å²) in [6.45, 7) is 0.692. The molecule has 2 aliphatic carbocycles. The van der Waals surface area contributed by atoms with Crippen LogP contribution in [0.4, 0.5) is 4.79 Å². The predicted octanol–water partition coefficient (Wildman–Crippen LogP) is 3.94. The van der Waals surface area contributed by atoms with E-state index in [9.17, 15) is 19.5 Å². The average Bonchev–Trinajstić information content (AvgIpc) is 3.45. The molecule has 7 heteroatoms. The van der Waals surface area contributed by atoms with E-state index in [0.29, 0.717) is 19.4 Å². The molecule has 5 rings (SSSR count). The molecule has 2 amide bonds. The Morgan fingerprint density at radius 2 is 1.65 bits per heavy atom. The van der Waals surface area contributed by atoms with E-state index in [-0.39, 0.29) is 24.5 Å². The van der Waals surface area contributed by atoms with Crippen LogP contribution in [0.5, 0.6) is 0 Å². The van der Waals surface area contributed by atoms with Gasteiger partial charge < -0.3 is 20.1 Å². The number of nitrogens with zero attached hydrogens (tertiary/aromatic N) is 1. The molecule has 2 N–H and O–H groups in total. The number of hydrogen-bond donors (Lipinski definition) is 2. The zero-order chi connectivity index (χ0) is 23.7. The van der Waals surface area contributed by atoms with Crippen molar-refractivity contribution in [2.24, 2.45) is 5.92 Å². The molecule has 1 fully saturated rings. The molecule has 1 aliphatic heterocycles. The van der Waals surface area contributed by atoms with Crippen molar-refractivity contribution in [3.63, 3.8) is 0 Å². The van der Waals surface area contributed by atoms with E-state index in [1.54, 1.807) is 12.2 Å². The maximum Gasteiger partial charge on any atom is 0.407 e. The molecule has 2 unspecified atom stereocenters. The van der Waals surface area contributed by atoms with Gasteiger partial charge in [-0.05, 0) is 47.9 Å². The molecular formula is C27H28N2O5. The second-order valence-corrected chi connectivity index (χ2v) is 9.18. The highest BCUT2D eigenvalue weighted by Gasteiger charge is 2.37.